The lowest BCUT2D eigenvalue weighted by atomic mass is 9.98. The molecule has 5 heterocycles. The normalized spacial score (nSPS) is 23.2. The maximum Gasteiger partial charge on any atom is 0.260 e. The van der Waals surface area contributed by atoms with Crippen LogP contribution >= 0.6 is 11.6 Å². The minimum atomic E-state index is -0.249. The number of nitrogens with zero attached hydrogens (tertiary/aromatic N) is 4. The van der Waals surface area contributed by atoms with E-state index in [1.54, 1.807) is 6.92 Å². The smallest absolute Gasteiger partial charge is 0.260 e. The van der Waals surface area contributed by atoms with E-state index in [-0.39, 0.29) is 11.6 Å². The lowest BCUT2D eigenvalue weighted by Gasteiger charge is -2.38. The largest absolute Gasteiger partial charge is 0.349 e. The molecule has 0 amide bonds. The van der Waals surface area contributed by atoms with E-state index in [0.717, 1.165) is 48.1 Å². The Morgan fingerprint density at radius 3 is 2.71 bits per heavy atom. The van der Waals surface area contributed by atoms with Crippen LogP contribution in [0.25, 0.3) is 33.2 Å². The van der Waals surface area contributed by atoms with Gasteiger partial charge in [-0.25, -0.2) is 15.0 Å². The Morgan fingerprint density at radius 1 is 1.16 bits per heavy atom. The van der Waals surface area contributed by atoms with Crippen LogP contribution in [0.1, 0.15) is 31.5 Å². The molecule has 9 heteroatoms. The molecule has 31 heavy (non-hydrogen) atoms. The van der Waals surface area contributed by atoms with Gasteiger partial charge in [-0.1, -0.05) is 17.7 Å². The first kappa shape index (κ1) is 18.8. The summed E-state index contributed by atoms with van der Waals surface area (Å²) >= 11 is 6.66. The SMILES string of the molecule is Cc1nc2ccc(-c3c[nH]c4nc(N5[C@@H]6CC[C@H]5C[C@@H](N)C6)cnc34)c(Cl)c2c(=O)[nH]1. The van der Waals surface area contributed by atoms with E-state index in [1.807, 2.05) is 24.5 Å². The van der Waals surface area contributed by atoms with Crippen molar-refractivity contribution < 1.29 is 0 Å². The zero-order valence-corrected chi connectivity index (χ0v) is 17.8. The van der Waals surface area contributed by atoms with Crippen LogP contribution in [-0.4, -0.2) is 43.0 Å². The van der Waals surface area contributed by atoms with E-state index in [1.165, 1.54) is 0 Å². The molecule has 0 spiro atoms. The molecule has 2 fully saturated rings. The predicted molar refractivity (Wildman–Crippen MR) is 121 cm³/mol. The molecule has 6 rings (SSSR count). The second-order valence-electron chi connectivity index (χ2n) is 8.62. The maximum atomic E-state index is 12.5. The average Bonchev–Trinajstić information content (AvgIpc) is 3.26. The van der Waals surface area contributed by atoms with Crippen LogP contribution in [0.2, 0.25) is 5.02 Å². The van der Waals surface area contributed by atoms with Gasteiger partial charge in [0.1, 0.15) is 17.2 Å². The third-order valence-electron chi connectivity index (χ3n) is 6.62. The number of piperidine rings is 1. The Hall–Kier alpha value is -2.97. The minimum absolute atomic E-state index is 0.249. The van der Waals surface area contributed by atoms with Gasteiger partial charge in [-0.05, 0) is 38.7 Å². The fourth-order valence-electron chi connectivity index (χ4n) is 5.33. The van der Waals surface area contributed by atoms with Crippen molar-refractivity contribution in [1.29, 1.82) is 0 Å². The van der Waals surface area contributed by atoms with Crippen LogP contribution < -0.4 is 16.2 Å². The first-order valence-corrected chi connectivity index (χ1v) is 10.9. The zero-order valence-electron chi connectivity index (χ0n) is 17.0. The van der Waals surface area contributed by atoms with Crippen molar-refractivity contribution in [3.8, 4) is 11.1 Å². The van der Waals surface area contributed by atoms with Gasteiger partial charge in [0.05, 0.1) is 22.1 Å². The fourth-order valence-corrected chi connectivity index (χ4v) is 5.68. The number of aromatic amines is 2. The second kappa shape index (κ2) is 6.77. The molecule has 0 saturated carbocycles. The summed E-state index contributed by atoms with van der Waals surface area (Å²) in [5.74, 6) is 1.44. The van der Waals surface area contributed by atoms with E-state index in [0.29, 0.717) is 39.5 Å². The van der Waals surface area contributed by atoms with Crippen molar-refractivity contribution in [2.75, 3.05) is 4.90 Å². The number of halogens is 1. The number of hydrogen-bond acceptors (Lipinski definition) is 6. The lowest BCUT2D eigenvalue weighted by molar-refractivity contribution is 0.412. The Balaban J connectivity index is 1.44. The van der Waals surface area contributed by atoms with Gasteiger partial charge in [0.15, 0.2) is 5.65 Å². The molecule has 2 bridgehead atoms. The van der Waals surface area contributed by atoms with Gasteiger partial charge in [-0.2, -0.15) is 0 Å². The Bertz CT molecular complexity index is 1380. The average molecular weight is 436 g/mol. The van der Waals surface area contributed by atoms with E-state index in [2.05, 4.69) is 19.9 Å². The molecule has 2 aliphatic rings. The maximum absolute atomic E-state index is 12.5. The van der Waals surface area contributed by atoms with Crippen LogP contribution in [-0.2, 0) is 0 Å². The number of aromatic nitrogens is 5. The van der Waals surface area contributed by atoms with Crippen molar-refractivity contribution in [2.24, 2.45) is 5.73 Å². The molecular formula is C22H22ClN7O. The van der Waals surface area contributed by atoms with Crippen LogP contribution in [0.15, 0.2) is 29.3 Å². The monoisotopic (exact) mass is 435 g/mol. The number of nitrogens with one attached hydrogen (secondary N) is 2. The molecule has 0 radical (unpaired) electrons. The summed E-state index contributed by atoms with van der Waals surface area (Å²) in [5, 5.41) is 0.742. The van der Waals surface area contributed by atoms with Crippen LogP contribution in [0.3, 0.4) is 0 Å². The molecule has 3 aromatic heterocycles. The molecule has 158 valence electrons. The zero-order chi connectivity index (χ0) is 21.3. The predicted octanol–water partition coefficient (Wildman–Crippen LogP) is 3.28. The summed E-state index contributed by atoms with van der Waals surface area (Å²) in [6, 6.07) is 4.84. The highest BCUT2D eigenvalue weighted by molar-refractivity contribution is 6.38. The standard InChI is InChI=1S/C22H22ClN7O/c1-10-27-16-5-4-14(19(23)18(16)22(31)28-10)15-8-26-21-20(15)25-9-17(29-21)30-12-2-3-13(30)7-11(24)6-12/h4-5,8-9,11-13H,2-3,6-7,24H2,1H3,(H,26,29)(H,27,28,31)/t11-,12+,13-. The topological polar surface area (TPSA) is 117 Å². The van der Waals surface area contributed by atoms with Crippen LogP contribution in [0.5, 0.6) is 0 Å². The lowest BCUT2D eigenvalue weighted by Crippen LogP contribution is -2.47. The van der Waals surface area contributed by atoms with Gasteiger partial charge in [0.2, 0.25) is 0 Å². The molecule has 4 aromatic rings. The third kappa shape index (κ3) is 2.85. The number of benzene rings is 1. The van der Waals surface area contributed by atoms with Crippen molar-refractivity contribution in [1.82, 2.24) is 24.9 Å². The summed E-state index contributed by atoms with van der Waals surface area (Å²) in [5.41, 5.74) is 9.50. The molecule has 0 unspecified atom stereocenters. The molecule has 4 N–H and O–H groups in total. The van der Waals surface area contributed by atoms with Gasteiger partial charge in [-0.15, -0.1) is 0 Å². The number of H-pyrrole nitrogens is 2. The number of fused-ring (bicyclic) bond motifs is 4. The molecule has 0 aliphatic carbocycles. The number of rotatable bonds is 2. The summed E-state index contributed by atoms with van der Waals surface area (Å²) in [6.45, 7) is 1.75. The Kier molecular flexibility index (Phi) is 4.10. The van der Waals surface area contributed by atoms with Crippen molar-refractivity contribution in [2.45, 2.75) is 50.7 Å². The minimum Gasteiger partial charge on any atom is -0.349 e. The number of anilines is 1. The van der Waals surface area contributed by atoms with Gasteiger partial charge in [0.25, 0.3) is 5.56 Å². The Morgan fingerprint density at radius 2 is 1.94 bits per heavy atom. The number of aryl methyl sites for hydroxylation is 1. The van der Waals surface area contributed by atoms with E-state index < -0.39 is 0 Å². The van der Waals surface area contributed by atoms with E-state index >= 15 is 0 Å². The van der Waals surface area contributed by atoms with Gasteiger partial charge < -0.3 is 20.6 Å². The van der Waals surface area contributed by atoms with Crippen molar-refractivity contribution in [3.05, 3.63) is 45.7 Å². The molecule has 3 atom stereocenters. The molecule has 2 aliphatic heterocycles. The van der Waals surface area contributed by atoms with E-state index in [9.17, 15) is 4.79 Å². The molecular weight excluding hydrogens is 414 g/mol. The highest BCUT2D eigenvalue weighted by Crippen LogP contribution is 2.39. The Labute approximate surface area is 182 Å². The highest BCUT2D eigenvalue weighted by Gasteiger charge is 2.40. The summed E-state index contributed by atoms with van der Waals surface area (Å²) in [6.07, 6.45) is 8.00. The first-order chi connectivity index (χ1) is 15.0. The highest BCUT2D eigenvalue weighted by atomic mass is 35.5. The number of nitrogens with two attached hydrogens (primary N) is 1. The van der Waals surface area contributed by atoms with Gasteiger partial charge in [-0.3, -0.25) is 4.79 Å². The van der Waals surface area contributed by atoms with Gasteiger partial charge >= 0.3 is 0 Å². The molecule has 1 aromatic carbocycles. The van der Waals surface area contributed by atoms with Crippen LogP contribution in [0.4, 0.5) is 5.82 Å². The second-order valence-corrected chi connectivity index (χ2v) is 9.00. The third-order valence-corrected chi connectivity index (χ3v) is 7.01. The van der Waals surface area contributed by atoms with Gasteiger partial charge in [0, 0.05) is 35.4 Å². The van der Waals surface area contributed by atoms with Crippen LogP contribution in [0, 0.1) is 6.92 Å². The first-order valence-electron chi connectivity index (χ1n) is 10.6. The quantitative estimate of drug-likeness (QED) is 0.445. The summed E-state index contributed by atoms with van der Waals surface area (Å²) in [4.78, 5) is 34.8. The number of hydrogen-bond donors (Lipinski definition) is 3. The fraction of sp³-hybridized carbons (Fsp3) is 0.364. The molecule has 8 nitrogen and oxygen atoms in total. The molecule has 2 saturated heterocycles. The summed E-state index contributed by atoms with van der Waals surface area (Å²) < 4.78 is 0. The van der Waals surface area contributed by atoms with E-state index in [4.69, 9.17) is 27.3 Å². The van der Waals surface area contributed by atoms with Crippen molar-refractivity contribution in [3.63, 3.8) is 0 Å². The summed E-state index contributed by atoms with van der Waals surface area (Å²) in [7, 11) is 0. The van der Waals surface area contributed by atoms with Crippen molar-refractivity contribution >= 4 is 39.5 Å².